The number of methoxy groups -OCH3 is 1. The van der Waals surface area contributed by atoms with Gasteiger partial charge in [0.2, 0.25) is 0 Å². The molecule has 5 nitrogen and oxygen atoms in total. The molecule has 0 saturated carbocycles. The predicted octanol–water partition coefficient (Wildman–Crippen LogP) is 1.36. The number of hydrogen-bond donors (Lipinski definition) is 0. The molecule has 0 amide bonds. The van der Waals surface area contributed by atoms with Gasteiger partial charge in [0.25, 0.3) is 0 Å². The maximum Gasteiger partial charge on any atom is 0.340 e. The van der Waals surface area contributed by atoms with Crippen LogP contribution in [-0.4, -0.2) is 30.6 Å². The molecule has 2 rings (SSSR count). The van der Waals surface area contributed by atoms with Crippen LogP contribution < -0.4 is 4.90 Å². The fourth-order valence-corrected chi connectivity index (χ4v) is 2.09. The monoisotopic (exact) mass is 231 g/mol. The molecule has 88 valence electrons. The maximum absolute atomic E-state index is 11.6. The van der Waals surface area contributed by atoms with Crippen molar-refractivity contribution in [3.63, 3.8) is 0 Å². The minimum atomic E-state index is -0.397. The van der Waals surface area contributed by atoms with Crippen molar-refractivity contribution in [3.05, 3.63) is 24.0 Å². The summed E-state index contributed by atoms with van der Waals surface area (Å²) in [4.78, 5) is 17.6. The van der Waals surface area contributed by atoms with Crippen molar-refractivity contribution in [3.8, 4) is 6.07 Å². The molecule has 1 fully saturated rings. The summed E-state index contributed by atoms with van der Waals surface area (Å²) in [6, 6.07) is 3.68. The van der Waals surface area contributed by atoms with E-state index in [2.05, 4.69) is 11.1 Å². The Morgan fingerprint density at radius 2 is 2.53 bits per heavy atom. The number of aromatic nitrogens is 1. The molecule has 1 saturated heterocycles. The van der Waals surface area contributed by atoms with Crippen LogP contribution in [0.2, 0.25) is 0 Å². The van der Waals surface area contributed by atoms with E-state index in [1.165, 1.54) is 7.11 Å². The molecule has 5 heteroatoms. The fraction of sp³-hybridized carbons (Fsp3) is 0.417. The summed E-state index contributed by atoms with van der Waals surface area (Å²) in [6.45, 7) is 0.772. The Hall–Kier alpha value is -2.09. The van der Waals surface area contributed by atoms with Gasteiger partial charge >= 0.3 is 5.97 Å². The predicted molar refractivity (Wildman–Crippen MR) is 61.6 cm³/mol. The van der Waals surface area contributed by atoms with Crippen LogP contribution in [0.15, 0.2) is 18.5 Å². The Labute approximate surface area is 99.6 Å². The Morgan fingerprint density at radius 1 is 1.71 bits per heavy atom. The minimum absolute atomic E-state index is 0.178. The second-order valence-electron chi connectivity index (χ2n) is 3.86. The highest BCUT2D eigenvalue weighted by molar-refractivity contribution is 5.95. The van der Waals surface area contributed by atoms with Crippen molar-refractivity contribution in [2.75, 3.05) is 18.6 Å². The Morgan fingerprint density at radius 3 is 3.24 bits per heavy atom. The van der Waals surface area contributed by atoms with E-state index < -0.39 is 5.97 Å². The van der Waals surface area contributed by atoms with E-state index in [4.69, 9.17) is 10.00 Å². The molecule has 0 aromatic carbocycles. The van der Waals surface area contributed by atoms with Gasteiger partial charge in [0.1, 0.15) is 6.04 Å². The highest BCUT2D eigenvalue weighted by Gasteiger charge is 2.27. The molecule has 1 aliphatic rings. The zero-order valence-electron chi connectivity index (χ0n) is 9.59. The number of esters is 1. The topological polar surface area (TPSA) is 66.2 Å². The maximum atomic E-state index is 11.6. The summed E-state index contributed by atoms with van der Waals surface area (Å²) in [5.74, 6) is -0.397. The molecular weight excluding hydrogens is 218 g/mol. The van der Waals surface area contributed by atoms with Crippen LogP contribution in [0, 0.1) is 11.3 Å². The Kier molecular flexibility index (Phi) is 3.24. The van der Waals surface area contributed by atoms with Crippen LogP contribution in [0.4, 0.5) is 5.69 Å². The van der Waals surface area contributed by atoms with Gasteiger partial charge in [-0.3, -0.25) is 4.98 Å². The first-order valence-corrected chi connectivity index (χ1v) is 5.46. The molecule has 1 aromatic heterocycles. The third-order valence-corrected chi connectivity index (χ3v) is 2.92. The van der Waals surface area contributed by atoms with Crippen molar-refractivity contribution >= 4 is 11.7 Å². The molecule has 1 atom stereocenters. The molecule has 2 heterocycles. The number of carbonyl (C=O) groups excluding carboxylic acids is 1. The van der Waals surface area contributed by atoms with Gasteiger partial charge in [-0.05, 0) is 18.9 Å². The van der Waals surface area contributed by atoms with Crippen molar-refractivity contribution < 1.29 is 9.53 Å². The lowest BCUT2D eigenvalue weighted by molar-refractivity contribution is 0.0601. The normalized spacial score (nSPS) is 18.8. The summed E-state index contributed by atoms with van der Waals surface area (Å²) in [6.07, 6.45) is 4.94. The van der Waals surface area contributed by atoms with E-state index in [1.807, 2.05) is 4.90 Å². The molecule has 1 unspecified atom stereocenters. The number of nitriles is 1. The summed E-state index contributed by atoms with van der Waals surface area (Å²) in [5.41, 5.74) is 1.15. The molecule has 0 radical (unpaired) electrons. The average molecular weight is 231 g/mol. The highest BCUT2D eigenvalue weighted by Crippen LogP contribution is 2.28. The minimum Gasteiger partial charge on any atom is -0.465 e. The van der Waals surface area contributed by atoms with Gasteiger partial charge < -0.3 is 9.64 Å². The summed E-state index contributed by atoms with van der Waals surface area (Å²) < 4.78 is 4.73. The lowest BCUT2D eigenvalue weighted by atomic mass is 10.2. The summed E-state index contributed by atoms with van der Waals surface area (Å²) in [7, 11) is 1.35. The van der Waals surface area contributed by atoms with E-state index in [9.17, 15) is 4.79 Å². The van der Waals surface area contributed by atoms with Crippen molar-refractivity contribution in [1.29, 1.82) is 5.26 Å². The number of carbonyl (C=O) groups is 1. The zero-order valence-corrected chi connectivity index (χ0v) is 9.59. The zero-order chi connectivity index (χ0) is 12.3. The third-order valence-electron chi connectivity index (χ3n) is 2.92. The van der Waals surface area contributed by atoms with Gasteiger partial charge in [0, 0.05) is 12.7 Å². The van der Waals surface area contributed by atoms with E-state index >= 15 is 0 Å². The van der Waals surface area contributed by atoms with Crippen LogP contribution in [-0.2, 0) is 4.74 Å². The lowest BCUT2D eigenvalue weighted by Gasteiger charge is -2.23. The molecule has 1 aromatic rings. The van der Waals surface area contributed by atoms with Crippen molar-refractivity contribution in [2.24, 2.45) is 0 Å². The van der Waals surface area contributed by atoms with E-state index in [0.29, 0.717) is 11.3 Å². The molecule has 17 heavy (non-hydrogen) atoms. The van der Waals surface area contributed by atoms with E-state index in [0.717, 1.165) is 19.4 Å². The lowest BCUT2D eigenvalue weighted by Crippen LogP contribution is -2.29. The highest BCUT2D eigenvalue weighted by atomic mass is 16.5. The van der Waals surface area contributed by atoms with Crippen LogP contribution >= 0.6 is 0 Å². The molecule has 0 N–H and O–H groups in total. The number of pyridine rings is 1. The van der Waals surface area contributed by atoms with E-state index in [-0.39, 0.29) is 6.04 Å². The molecule has 0 bridgehead atoms. The molecule has 0 spiro atoms. The van der Waals surface area contributed by atoms with Crippen LogP contribution in [0.25, 0.3) is 0 Å². The van der Waals surface area contributed by atoms with E-state index in [1.54, 1.807) is 18.5 Å². The number of ether oxygens (including phenoxy) is 1. The van der Waals surface area contributed by atoms with Crippen LogP contribution in [0.1, 0.15) is 23.2 Å². The fourth-order valence-electron chi connectivity index (χ4n) is 2.09. The second kappa shape index (κ2) is 4.83. The SMILES string of the molecule is COC(=O)c1ccncc1N1CCCC1C#N. The van der Waals surface area contributed by atoms with Gasteiger partial charge in [0.05, 0.1) is 30.6 Å². The van der Waals surface area contributed by atoms with Crippen molar-refractivity contribution in [2.45, 2.75) is 18.9 Å². The number of hydrogen-bond acceptors (Lipinski definition) is 5. The van der Waals surface area contributed by atoms with Crippen molar-refractivity contribution in [1.82, 2.24) is 4.98 Å². The molecule has 1 aliphatic heterocycles. The average Bonchev–Trinajstić information content (AvgIpc) is 2.86. The standard InChI is InChI=1S/C12H13N3O2/c1-17-12(16)10-4-5-14-8-11(10)15-6-2-3-9(15)7-13/h4-5,8-9H,2-3,6H2,1H3. The van der Waals surface area contributed by atoms with Gasteiger partial charge in [-0.25, -0.2) is 4.79 Å². The third kappa shape index (κ3) is 2.07. The summed E-state index contributed by atoms with van der Waals surface area (Å²) in [5, 5.41) is 9.06. The quantitative estimate of drug-likeness (QED) is 0.719. The van der Waals surface area contributed by atoms with Gasteiger partial charge in [-0.2, -0.15) is 5.26 Å². The van der Waals surface area contributed by atoms with Crippen LogP contribution in [0.5, 0.6) is 0 Å². The van der Waals surface area contributed by atoms with Gasteiger partial charge in [-0.1, -0.05) is 0 Å². The summed E-state index contributed by atoms with van der Waals surface area (Å²) >= 11 is 0. The van der Waals surface area contributed by atoms with Gasteiger partial charge in [-0.15, -0.1) is 0 Å². The Balaban J connectivity index is 2.38. The smallest absolute Gasteiger partial charge is 0.340 e. The van der Waals surface area contributed by atoms with Gasteiger partial charge in [0.15, 0.2) is 0 Å². The first-order chi connectivity index (χ1) is 8.27. The number of nitrogens with zero attached hydrogens (tertiary/aromatic N) is 3. The molecule has 0 aliphatic carbocycles. The van der Waals surface area contributed by atoms with Crippen LogP contribution in [0.3, 0.4) is 0 Å². The Bertz CT molecular complexity index is 467. The largest absolute Gasteiger partial charge is 0.465 e. The second-order valence-corrected chi connectivity index (χ2v) is 3.86. The first kappa shape index (κ1) is 11.4. The molecular formula is C12H13N3O2. The number of anilines is 1. The first-order valence-electron chi connectivity index (χ1n) is 5.46. The number of rotatable bonds is 2.